The van der Waals surface area contributed by atoms with Gasteiger partial charge in [-0.3, -0.25) is 0 Å². The topological polar surface area (TPSA) is 43.6 Å². The zero-order chi connectivity index (χ0) is 19.1. The lowest BCUT2D eigenvalue weighted by molar-refractivity contribution is 0.269. The Kier molecular flexibility index (Phi) is 9.00. The monoisotopic (exact) mass is 441 g/mol. The van der Waals surface area contributed by atoms with Crippen LogP contribution in [0.25, 0.3) is 0 Å². The fourth-order valence-corrected chi connectivity index (χ4v) is 3.05. The minimum atomic E-state index is 0. The van der Waals surface area contributed by atoms with E-state index in [1.54, 1.807) is 18.4 Å². The molecule has 0 fully saturated rings. The van der Waals surface area contributed by atoms with Gasteiger partial charge in [0.05, 0.1) is 19.4 Å². The van der Waals surface area contributed by atoms with Crippen molar-refractivity contribution in [1.29, 1.82) is 0 Å². The van der Waals surface area contributed by atoms with Gasteiger partial charge < -0.3 is 19.2 Å². The van der Waals surface area contributed by atoms with Crippen LogP contribution in [0.15, 0.2) is 59.2 Å². The SMILES string of the molecule is CCOc1cc(CNCc2ccco2)ccc1OCc1ccc(Cl)cc1Cl.Cl. The van der Waals surface area contributed by atoms with E-state index in [9.17, 15) is 0 Å². The predicted octanol–water partition coefficient (Wildman–Crippen LogP) is 6.28. The van der Waals surface area contributed by atoms with Crippen LogP contribution >= 0.6 is 35.6 Å². The number of furan rings is 1. The van der Waals surface area contributed by atoms with Crippen LogP contribution in [-0.4, -0.2) is 6.61 Å². The number of rotatable bonds is 9. The Morgan fingerprint density at radius 2 is 1.82 bits per heavy atom. The van der Waals surface area contributed by atoms with Crippen molar-refractivity contribution in [3.8, 4) is 11.5 Å². The van der Waals surface area contributed by atoms with Crippen molar-refractivity contribution < 1.29 is 13.9 Å². The molecule has 0 amide bonds. The molecule has 150 valence electrons. The fraction of sp³-hybridized carbons (Fsp3) is 0.238. The number of hydrogen-bond acceptors (Lipinski definition) is 4. The van der Waals surface area contributed by atoms with Gasteiger partial charge in [-0.25, -0.2) is 0 Å². The van der Waals surface area contributed by atoms with E-state index < -0.39 is 0 Å². The van der Waals surface area contributed by atoms with Crippen molar-refractivity contribution in [2.45, 2.75) is 26.6 Å². The summed E-state index contributed by atoms with van der Waals surface area (Å²) in [5.74, 6) is 2.29. The minimum Gasteiger partial charge on any atom is -0.490 e. The fourth-order valence-electron chi connectivity index (χ4n) is 2.59. The van der Waals surface area contributed by atoms with Gasteiger partial charge in [0.25, 0.3) is 0 Å². The van der Waals surface area contributed by atoms with Gasteiger partial charge in [-0.05, 0) is 48.9 Å². The van der Waals surface area contributed by atoms with E-state index in [0.29, 0.717) is 47.8 Å². The largest absolute Gasteiger partial charge is 0.490 e. The maximum absolute atomic E-state index is 6.21. The highest BCUT2D eigenvalue weighted by Crippen LogP contribution is 2.30. The molecule has 7 heteroatoms. The van der Waals surface area contributed by atoms with E-state index in [1.807, 2.05) is 43.3 Å². The first-order chi connectivity index (χ1) is 13.2. The Morgan fingerprint density at radius 1 is 0.964 bits per heavy atom. The summed E-state index contributed by atoms with van der Waals surface area (Å²) in [5, 5.41) is 4.53. The lowest BCUT2D eigenvalue weighted by Crippen LogP contribution is -2.12. The second-order valence-corrected chi connectivity index (χ2v) is 6.77. The third-order valence-corrected chi connectivity index (χ3v) is 4.50. The molecule has 0 unspecified atom stereocenters. The molecule has 28 heavy (non-hydrogen) atoms. The van der Waals surface area contributed by atoms with Gasteiger partial charge in [-0.1, -0.05) is 35.3 Å². The maximum Gasteiger partial charge on any atom is 0.161 e. The molecule has 0 saturated heterocycles. The maximum atomic E-state index is 6.21. The summed E-state index contributed by atoms with van der Waals surface area (Å²) in [6.45, 7) is 4.21. The smallest absolute Gasteiger partial charge is 0.161 e. The lowest BCUT2D eigenvalue weighted by atomic mass is 10.2. The summed E-state index contributed by atoms with van der Waals surface area (Å²) in [7, 11) is 0. The zero-order valence-electron chi connectivity index (χ0n) is 15.4. The summed E-state index contributed by atoms with van der Waals surface area (Å²) in [6.07, 6.45) is 1.67. The van der Waals surface area contributed by atoms with Gasteiger partial charge >= 0.3 is 0 Å². The van der Waals surface area contributed by atoms with Gasteiger partial charge in [0.1, 0.15) is 12.4 Å². The number of hydrogen-bond donors (Lipinski definition) is 1. The van der Waals surface area contributed by atoms with Crippen LogP contribution < -0.4 is 14.8 Å². The van der Waals surface area contributed by atoms with Gasteiger partial charge in [-0.15, -0.1) is 12.4 Å². The molecule has 3 rings (SSSR count). The van der Waals surface area contributed by atoms with Crippen molar-refractivity contribution in [3.05, 3.63) is 81.7 Å². The first kappa shape index (κ1) is 22.4. The molecule has 0 saturated carbocycles. The molecule has 0 bridgehead atoms. The average Bonchev–Trinajstić information content (AvgIpc) is 3.16. The van der Waals surface area contributed by atoms with Crippen molar-refractivity contribution >= 4 is 35.6 Å². The number of benzene rings is 2. The molecule has 2 aromatic carbocycles. The Hall–Kier alpha value is -1.85. The summed E-state index contributed by atoms with van der Waals surface area (Å²) in [6, 6.07) is 15.1. The van der Waals surface area contributed by atoms with E-state index in [2.05, 4.69) is 5.32 Å². The van der Waals surface area contributed by atoms with E-state index in [0.717, 1.165) is 16.9 Å². The molecule has 3 aromatic rings. The molecule has 0 atom stereocenters. The normalized spacial score (nSPS) is 10.4. The van der Waals surface area contributed by atoms with Crippen LogP contribution in [0.1, 0.15) is 23.8 Å². The second-order valence-electron chi connectivity index (χ2n) is 5.92. The molecular formula is C21H22Cl3NO3. The standard InChI is InChI=1S/C21H21Cl2NO3.ClH/c1-2-25-21-10-15(12-24-13-18-4-3-9-26-18)5-8-20(21)27-14-16-6-7-17(22)11-19(16)23;/h3-11,24H,2,12-14H2,1H3;1H. The van der Waals surface area contributed by atoms with Crippen LogP contribution in [0.3, 0.4) is 0 Å². The molecule has 0 radical (unpaired) electrons. The molecular weight excluding hydrogens is 421 g/mol. The van der Waals surface area contributed by atoms with Gasteiger partial charge in [0.2, 0.25) is 0 Å². The summed E-state index contributed by atoms with van der Waals surface area (Å²) in [5.41, 5.74) is 1.97. The molecule has 1 heterocycles. The molecule has 0 aliphatic heterocycles. The van der Waals surface area contributed by atoms with Gasteiger partial charge in [0, 0.05) is 22.2 Å². The average molecular weight is 443 g/mol. The summed E-state index contributed by atoms with van der Waals surface area (Å²) in [4.78, 5) is 0. The first-order valence-electron chi connectivity index (χ1n) is 8.71. The van der Waals surface area contributed by atoms with E-state index >= 15 is 0 Å². The Balaban J connectivity index is 0.00000280. The van der Waals surface area contributed by atoms with E-state index in [1.165, 1.54) is 0 Å². The Labute approximate surface area is 181 Å². The third-order valence-electron chi connectivity index (χ3n) is 3.91. The first-order valence-corrected chi connectivity index (χ1v) is 9.47. The summed E-state index contributed by atoms with van der Waals surface area (Å²) < 4.78 is 17.0. The quantitative estimate of drug-likeness (QED) is 0.424. The highest BCUT2D eigenvalue weighted by Gasteiger charge is 2.09. The Bertz CT molecular complexity index is 869. The molecule has 0 aliphatic carbocycles. The molecule has 1 N–H and O–H groups in total. The second kappa shape index (κ2) is 11.2. The molecule has 0 aliphatic rings. The van der Waals surface area contributed by atoms with Crippen molar-refractivity contribution in [1.82, 2.24) is 5.32 Å². The van der Waals surface area contributed by atoms with Gasteiger partial charge in [-0.2, -0.15) is 0 Å². The molecule has 4 nitrogen and oxygen atoms in total. The van der Waals surface area contributed by atoms with Crippen LogP contribution in [0.4, 0.5) is 0 Å². The predicted molar refractivity (Wildman–Crippen MR) is 115 cm³/mol. The van der Waals surface area contributed by atoms with Crippen LogP contribution in [-0.2, 0) is 19.7 Å². The van der Waals surface area contributed by atoms with Gasteiger partial charge in [0.15, 0.2) is 11.5 Å². The van der Waals surface area contributed by atoms with Crippen molar-refractivity contribution in [2.24, 2.45) is 0 Å². The van der Waals surface area contributed by atoms with Crippen LogP contribution in [0, 0.1) is 0 Å². The highest BCUT2D eigenvalue weighted by atomic mass is 35.5. The van der Waals surface area contributed by atoms with Crippen LogP contribution in [0.2, 0.25) is 10.0 Å². The highest BCUT2D eigenvalue weighted by molar-refractivity contribution is 6.35. The number of ether oxygens (including phenoxy) is 2. The summed E-state index contributed by atoms with van der Waals surface area (Å²) >= 11 is 12.1. The van der Waals surface area contributed by atoms with E-state index in [-0.39, 0.29) is 12.4 Å². The third kappa shape index (κ3) is 6.35. The Morgan fingerprint density at radius 3 is 2.54 bits per heavy atom. The van der Waals surface area contributed by atoms with E-state index in [4.69, 9.17) is 37.1 Å². The van der Waals surface area contributed by atoms with Crippen LogP contribution in [0.5, 0.6) is 11.5 Å². The zero-order valence-corrected chi connectivity index (χ0v) is 17.7. The molecule has 0 spiro atoms. The van der Waals surface area contributed by atoms with Crippen molar-refractivity contribution in [3.63, 3.8) is 0 Å². The number of halogens is 3. The lowest BCUT2D eigenvalue weighted by Gasteiger charge is -2.14. The molecule has 1 aromatic heterocycles. The minimum absolute atomic E-state index is 0. The number of nitrogens with one attached hydrogen (secondary N) is 1. The van der Waals surface area contributed by atoms with Crippen molar-refractivity contribution in [2.75, 3.05) is 6.61 Å².